The molecule has 5 nitrogen and oxygen atoms in total. The molecule has 6 heteroatoms. The van der Waals surface area contributed by atoms with Gasteiger partial charge < -0.3 is 14.4 Å². The predicted octanol–water partition coefficient (Wildman–Crippen LogP) is 3.38. The fourth-order valence-electron chi connectivity index (χ4n) is 4.17. The van der Waals surface area contributed by atoms with Gasteiger partial charge >= 0.3 is 5.97 Å². The maximum atomic E-state index is 13.9. The van der Waals surface area contributed by atoms with Crippen LogP contribution in [-0.2, 0) is 32.0 Å². The summed E-state index contributed by atoms with van der Waals surface area (Å²) in [6.45, 7) is 0.941. The lowest BCUT2D eigenvalue weighted by Gasteiger charge is -2.40. The molecule has 4 rings (SSSR count). The molecule has 0 N–H and O–H groups in total. The van der Waals surface area contributed by atoms with Crippen LogP contribution in [0.5, 0.6) is 0 Å². The molecule has 2 aromatic carbocycles. The normalized spacial score (nSPS) is 23.3. The third-order valence-corrected chi connectivity index (χ3v) is 6.98. The summed E-state index contributed by atoms with van der Waals surface area (Å²) >= 11 is 1.65. The average molecular weight is 412 g/mol. The van der Waals surface area contributed by atoms with E-state index >= 15 is 0 Å². The van der Waals surface area contributed by atoms with Crippen molar-refractivity contribution < 1.29 is 19.1 Å². The molecule has 1 fully saturated rings. The van der Waals surface area contributed by atoms with Gasteiger partial charge in [-0.25, -0.2) is 4.79 Å². The van der Waals surface area contributed by atoms with Gasteiger partial charge in [-0.05, 0) is 28.9 Å². The zero-order valence-corrected chi connectivity index (χ0v) is 17.3. The number of carbonyl (C=O) groups is 2. The van der Waals surface area contributed by atoms with Crippen LogP contribution in [0.1, 0.15) is 28.4 Å². The van der Waals surface area contributed by atoms with Gasteiger partial charge in [0.05, 0.1) is 13.7 Å². The number of carbonyl (C=O) groups excluding carboxylic acids is 2. The number of ether oxygens (including phenoxy) is 2. The van der Waals surface area contributed by atoms with Crippen LogP contribution in [0.25, 0.3) is 0 Å². The lowest BCUT2D eigenvalue weighted by molar-refractivity contribution is -0.163. The van der Waals surface area contributed by atoms with Crippen molar-refractivity contribution in [2.75, 3.05) is 26.1 Å². The second kappa shape index (κ2) is 8.59. The Hall–Kier alpha value is -2.31. The summed E-state index contributed by atoms with van der Waals surface area (Å²) in [6, 6.07) is 17.9. The molecule has 29 heavy (non-hydrogen) atoms. The van der Waals surface area contributed by atoms with Crippen LogP contribution in [0.15, 0.2) is 54.6 Å². The summed E-state index contributed by atoms with van der Waals surface area (Å²) in [6.07, 6.45) is 1.39. The quantitative estimate of drug-likeness (QED) is 0.706. The van der Waals surface area contributed by atoms with E-state index in [9.17, 15) is 9.59 Å². The number of esters is 1. The average Bonchev–Trinajstić information content (AvgIpc) is 3.27. The van der Waals surface area contributed by atoms with Gasteiger partial charge in [0, 0.05) is 19.6 Å². The largest absolute Gasteiger partial charge is 0.467 e. The first-order chi connectivity index (χ1) is 14.2. The first-order valence-electron chi connectivity index (χ1n) is 9.87. The number of amides is 1. The van der Waals surface area contributed by atoms with Crippen LogP contribution in [0, 0.1) is 0 Å². The van der Waals surface area contributed by atoms with Crippen molar-refractivity contribution in [3.63, 3.8) is 0 Å². The van der Waals surface area contributed by atoms with Gasteiger partial charge in [-0.2, -0.15) is 0 Å². The molecule has 0 radical (unpaired) electrons. The third-order valence-electron chi connectivity index (χ3n) is 5.75. The number of hydrogen-bond acceptors (Lipinski definition) is 5. The minimum atomic E-state index is -1.09. The van der Waals surface area contributed by atoms with Crippen molar-refractivity contribution in [3.8, 4) is 0 Å². The van der Waals surface area contributed by atoms with E-state index in [4.69, 9.17) is 9.47 Å². The number of methoxy groups -OCH3 is 1. The molecule has 2 aliphatic heterocycles. The van der Waals surface area contributed by atoms with Crippen molar-refractivity contribution in [2.24, 2.45) is 0 Å². The highest BCUT2D eigenvalue weighted by molar-refractivity contribution is 8.00. The smallest absolute Gasteiger partial charge is 0.334 e. The summed E-state index contributed by atoms with van der Waals surface area (Å²) in [5, 5.41) is -0.328. The van der Waals surface area contributed by atoms with Gasteiger partial charge in [0.15, 0.2) is 5.54 Å². The molecule has 0 aliphatic carbocycles. The van der Waals surface area contributed by atoms with Gasteiger partial charge in [0.2, 0.25) is 5.91 Å². The van der Waals surface area contributed by atoms with E-state index in [1.165, 1.54) is 12.7 Å². The molecule has 1 amide bonds. The van der Waals surface area contributed by atoms with E-state index in [0.717, 1.165) is 23.3 Å². The number of nitrogens with zero attached hydrogens (tertiary/aromatic N) is 1. The van der Waals surface area contributed by atoms with Crippen molar-refractivity contribution in [3.05, 3.63) is 71.3 Å². The van der Waals surface area contributed by atoms with Gasteiger partial charge in [-0.1, -0.05) is 54.6 Å². The van der Waals surface area contributed by atoms with E-state index in [1.54, 1.807) is 16.7 Å². The van der Waals surface area contributed by atoms with Crippen LogP contribution in [0.3, 0.4) is 0 Å². The molecule has 2 aliphatic rings. The standard InChI is InChI=1S/C23H25NO4S/c1-27-22(26)23(12-13-28-16-23)24(15-17-7-3-2-4-8-17)21(25)20-19-10-6-5-9-18(19)11-14-29-20/h2-10,20H,11-16H2,1H3/t20-,23+/m0/s1. The Morgan fingerprint density at radius 1 is 1.17 bits per heavy atom. The highest BCUT2D eigenvalue weighted by Crippen LogP contribution is 2.41. The van der Waals surface area contributed by atoms with E-state index in [-0.39, 0.29) is 17.8 Å². The van der Waals surface area contributed by atoms with E-state index in [1.807, 2.05) is 48.5 Å². The maximum absolute atomic E-state index is 13.9. The van der Waals surface area contributed by atoms with Crippen molar-refractivity contribution in [2.45, 2.75) is 30.2 Å². The molecular formula is C23H25NO4S. The van der Waals surface area contributed by atoms with Gasteiger partial charge in [0.25, 0.3) is 0 Å². The topological polar surface area (TPSA) is 55.8 Å². The number of hydrogen-bond donors (Lipinski definition) is 0. The Labute approximate surface area is 175 Å². The molecule has 0 spiro atoms. The van der Waals surface area contributed by atoms with Gasteiger partial charge in [0.1, 0.15) is 5.25 Å². The molecule has 0 bridgehead atoms. The van der Waals surface area contributed by atoms with Crippen LogP contribution < -0.4 is 0 Å². The summed E-state index contributed by atoms with van der Waals surface area (Å²) < 4.78 is 10.8. The Kier molecular flexibility index (Phi) is 5.92. The van der Waals surface area contributed by atoms with E-state index in [0.29, 0.717) is 19.6 Å². The van der Waals surface area contributed by atoms with Crippen molar-refractivity contribution in [1.82, 2.24) is 4.90 Å². The summed E-state index contributed by atoms with van der Waals surface area (Å²) in [7, 11) is 1.37. The molecule has 2 aromatic rings. The van der Waals surface area contributed by atoms with E-state index in [2.05, 4.69) is 6.07 Å². The van der Waals surface area contributed by atoms with Crippen molar-refractivity contribution in [1.29, 1.82) is 0 Å². The molecule has 0 unspecified atom stereocenters. The Morgan fingerprint density at radius 2 is 1.93 bits per heavy atom. The highest BCUT2D eigenvalue weighted by Gasteiger charge is 2.52. The minimum Gasteiger partial charge on any atom is -0.467 e. The number of thioether (sulfide) groups is 1. The summed E-state index contributed by atoms with van der Waals surface area (Å²) in [5.41, 5.74) is 2.14. The number of rotatable bonds is 5. The lowest BCUT2D eigenvalue weighted by Crippen LogP contribution is -2.58. The van der Waals surface area contributed by atoms with Crippen LogP contribution in [0.2, 0.25) is 0 Å². The molecule has 152 valence electrons. The fraction of sp³-hybridized carbons (Fsp3) is 0.391. The zero-order valence-electron chi connectivity index (χ0n) is 16.5. The first kappa shape index (κ1) is 20.0. The predicted molar refractivity (Wildman–Crippen MR) is 113 cm³/mol. The number of aryl methyl sites for hydroxylation is 1. The lowest BCUT2D eigenvalue weighted by atomic mass is 9.93. The Balaban J connectivity index is 1.74. The summed E-state index contributed by atoms with van der Waals surface area (Å²) in [4.78, 5) is 28.5. The molecule has 0 aromatic heterocycles. The van der Waals surface area contributed by atoms with E-state index < -0.39 is 11.5 Å². The second-order valence-corrected chi connectivity index (χ2v) is 8.65. The molecule has 1 saturated heterocycles. The molecule has 2 heterocycles. The Bertz CT molecular complexity index is 879. The molecular weight excluding hydrogens is 386 g/mol. The maximum Gasteiger partial charge on any atom is 0.334 e. The van der Waals surface area contributed by atoms with Gasteiger partial charge in [-0.3, -0.25) is 4.79 Å². The Morgan fingerprint density at radius 3 is 2.66 bits per heavy atom. The van der Waals surface area contributed by atoms with Crippen LogP contribution >= 0.6 is 11.8 Å². The number of fused-ring (bicyclic) bond motifs is 1. The monoisotopic (exact) mass is 411 g/mol. The van der Waals surface area contributed by atoms with Crippen molar-refractivity contribution >= 4 is 23.6 Å². The SMILES string of the molecule is COC(=O)[C@@]1(N(Cc2ccccc2)C(=O)[C@H]2SCCc3ccccc32)CCOC1. The molecule has 2 atom stereocenters. The highest BCUT2D eigenvalue weighted by atomic mass is 32.2. The molecule has 0 saturated carbocycles. The summed E-state index contributed by atoms with van der Waals surface area (Å²) in [5.74, 6) is 0.421. The van der Waals surface area contributed by atoms with Gasteiger partial charge in [-0.15, -0.1) is 11.8 Å². The zero-order chi connectivity index (χ0) is 20.3. The first-order valence-corrected chi connectivity index (χ1v) is 10.9. The minimum absolute atomic E-state index is 0.0538. The second-order valence-electron chi connectivity index (χ2n) is 7.44. The third kappa shape index (κ3) is 3.79. The number of benzene rings is 2. The fourth-order valence-corrected chi connectivity index (χ4v) is 5.43. The van der Waals surface area contributed by atoms with Crippen LogP contribution in [0.4, 0.5) is 0 Å². The van der Waals surface area contributed by atoms with Crippen LogP contribution in [-0.4, -0.2) is 48.4 Å².